The number of alkyl halides is 3. The largest absolute Gasteiger partial charge is 0.418 e. The highest BCUT2D eigenvalue weighted by Crippen LogP contribution is 2.34. The number of para-hydroxylation sites is 1. The zero-order valence-corrected chi connectivity index (χ0v) is 10.4. The minimum absolute atomic E-state index is 0.0793. The highest BCUT2D eigenvalue weighted by atomic mass is 32.1. The van der Waals surface area contributed by atoms with Crippen LogP contribution < -0.4 is 5.32 Å². The van der Waals surface area contributed by atoms with E-state index in [1.165, 1.54) is 23.5 Å². The summed E-state index contributed by atoms with van der Waals surface area (Å²) in [7, 11) is 0. The second kappa shape index (κ2) is 4.97. The molecule has 2 nitrogen and oxygen atoms in total. The van der Waals surface area contributed by atoms with Gasteiger partial charge >= 0.3 is 6.18 Å². The molecule has 1 aromatic carbocycles. The zero-order valence-electron chi connectivity index (χ0n) is 9.58. The number of anilines is 1. The highest BCUT2D eigenvalue weighted by Gasteiger charge is 2.33. The summed E-state index contributed by atoms with van der Waals surface area (Å²) in [6.45, 7) is 2.15. The van der Waals surface area contributed by atoms with Gasteiger partial charge in [0.1, 0.15) is 0 Å². The van der Waals surface area contributed by atoms with Crippen LogP contribution in [0.15, 0.2) is 29.6 Å². The van der Waals surface area contributed by atoms with Crippen LogP contribution in [0.5, 0.6) is 0 Å². The van der Waals surface area contributed by atoms with Gasteiger partial charge in [-0.05, 0) is 19.1 Å². The number of halogens is 3. The van der Waals surface area contributed by atoms with Crippen LogP contribution in [0, 0.1) is 6.92 Å². The third kappa shape index (κ3) is 3.01. The average molecular weight is 272 g/mol. The van der Waals surface area contributed by atoms with Gasteiger partial charge in [0.15, 0.2) is 0 Å². The number of nitrogens with one attached hydrogen (secondary N) is 1. The summed E-state index contributed by atoms with van der Waals surface area (Å²) in [4.78, 5) is 4.19. The maximum atomic E-state index is 12.7. The predicted molar refractivity (Wildman–Crippen MR) is 65.6 cm³/mol. The third-order valence-corrected chi connectivity index (χ3v) is 3.18. The van der Waals surface area contributed by atoms with Crippen molar-refractivity contribution in [3.8, 4) is 0 Å². The summed E-state index contributed by atoms with van der Waals surface area (Å²) in [6, 6.07) is 5.43. The summed E-state index contributed by atoms with van der Waals surface area (Å²) in [5, 5.41) is 5.50. The van der Waals surface area contributed by atoms with Gasteiger partial charge in [-0.2, -0.15) is 13.2 Å². The van der Waals surface area contributed by atoms with Crippen LogP contribution in [0.4, 0.5) is 18.9 Å². The molecule has 2 aromatic rings. The summed E-state index contributed by atoms with van der Waals surface area (Å²) < 4.78 is 38.2. The second-order valence-electron chi connectivity index (χ2n) is 3.75. The summed E-state index contributed by atoms with van der Waals surface area (Å²) in [6.07, 6.45) is -4.35. The monoisotopic (exact) mass is 272 g/mol. The van der Waals surface area contributed by atoms with E-state index < -0.39 is 11.7 Å². The Morgan fingerprint density at radius 1 is 1.28 bits per heavy atom. The summed E-state index contributed by atoms with van der Waals surface area (Å²) >= 11 is 1.48. The Hall–Kier alpha value is -1.56. The Morgan fingerprint density at radius 2 is 2.00 bits per heavy atom. The van der Waals surface area contributed by atoms with Crippen molar-refractivity contribution in [1.82, 2.24) is 4.98 Å². The van der Waals surface area contributed by atoms with Crippen molar-refractivity contribution in [2.75, 3.05) is 5.32 Å². The Morgan fingerprint density at radius 3 is 2.61 bits per heavy atom. The fourth-order valence-corrected chi connectivity index (χ4v) is 2.17. The molecule has 18 heavy (non-hydrogen) atoms. The molecule has 0 atom stereocenters. The standard InChI is InChI=1S/C12H11F3N2S/c1-8-17-9(7-18-8)6-16-11-5-3-2-4-10(11)12(13,14)15/h2-5,7,16H,6H2,1H3. The number of thiazole rings is 1. The quantitative estimate of drug-likeness (QED) is 0.910. The molecular weight excluding hydrogens is 261 g/mol. The van der Waals surface area contributed by atoms with E-state index in [2.05, 4.69) is 10.3 Å². The van der Waals surface area contributed by atoms with Gasteiger partial charge in [0.05, 0.1) is 22.8 Å². The van der Waals surface area contributed by atoms with Gasteiger partial charge < -0.3 is 5.32 Å². The molecule has 6 heteroatoms. The van der Waals surface area contributed by atoms with Crippen molar-refractivity contribution in [1.29, 1.82) is 0 Å². The summed E-state index contributed by atoms with van der Waals surface area (Å²) in [5.41, 5.74) is 0.169. The first-order chi connectivity index (χ1) is 8.47. The van der Waals surface area contributed by atoms with E-state index in [4.69, 9.17) is 0 Å². The molecule has 1 heterocycles. The van der Waals surface area contributed by atoms with E-state index in [1.54, 1.807) is 6.07 Å². The lowest BCUT2D eigenvalue weighted by molar-refractivity contribution is -0.136. The Labute approximate surface area is 106 Å². The number of aromatic nitrogens is 1. The first-order valence-corrected chi connectivity index (χ1v) is 6.16. The van der Waals surface area contributed by atoms with E-state index in [9.17, 15) is 13.2 Å². The van der Waals surface area contributed by atoms with Crippen LogP contribution in [0.1, 0.15) is 16.3 Å². The third-order valence-electron chi connectivity index (χ3n) is 2.36. The first-order valence-electron chi connectivity index (χ1n) is 5.28. The van der Waals surface area contributed by atoms with Crippen molar-refractivity contribution >= 4 is 17.0 Å². The lowest BCUT2D eigenvalue weighted by Crippen LogP contribution is -2.10. The Kier molecular flexibility index (Phi) is 3.56. The van der Waals surface area contributed by atoms with Gasteiger partial charge in [0.2, 0.25) is 0 Å². The molecule has 0 amide bonds. The minimum atomic E-state index is -4.35. The number of benzene rings is 1. The van der Waals surface area contributed by atoms with Crippen LogP contribution >= 0.6 is 11.3 Å². The van der Waals surface area contributed by atoms with Crippen LogP contribution in [-0.2, 0) is 12.7 Å². The van der Waals surface area contributed by atoms with E-state index in [0.29, 0.717) is 0 Å². The zero-order chi connectivity index (χ0) is 13.2. The molecule has 0 aliphatic heterocycles. The van der Waals surface area contributed by atoms with Crippen LogP contribution in [0.2, 0.25) is 0 Å². The number of nitrogens with zero attached hydrogens (tertiary/aromatic N) is 1. The predicted octanol–water partition coefficient (Wildman–Crippen LogP) is 4.08. The number of hydrogen-bond donors (Lipinski definition) is 1. The molecule has 0 unspecified atom stereocenters. The molecule has 0 saturated carbocycles. The summed E-state index contributed by atoms with van der Waals surface area (Å²) in [5.74, 6) is 0. The van der Waals surface area contributed by atoms with Gasteiger partial charge in [0.25, 0.3) is 0 Å². The molecule has 0 saturated heterocycles. The van der Waals surface area contributed by atoms with Gasteiger partial charge in [0, 0.05) is 11.1 Å². The van der Waals surface area contributed by atoms with Gasteiger partial charge in [-0.15, -0.1) is 11.3 Å². The molecule has 0 bridgehead atoms. The fraction of sp³-hybridized carbons (Fsp3) is 0.250. The van der Waals surface area contributed by atoms with E-state index >= 15 is 0 Å². The first kappa shape index (κ1) is 12.9. The minimum Gasteiger partial charge on any atom is -0.379 e. The molecule has 96 valence electrons. The van der Waals surface area contributed by atoms with Crippen molar-refractivity contribution in [3.05, 3.63) is 45.9 Å². The molecule has 0 spiro atoms. The van der Waals surface area contributed by atoms with Gasteiger partial charge in [-0.1, -0.05) is 12.1 Å². The normalized spacial score (nSPS) is 11.6. The van der Waals surface area contributed by atoms with E-state index in [-0.39, 0.29) is 12.2 Å². The maximum absolute atomic E-state index is 12.7. The van der Waals surface area contributed by atoms with Crippen LogP contribution in [0.3, 0.4) is 0 Å². The topological polar surface area (TPSA) is 24.9 Å². The molecule has 0 aliphatic rings. The molecule has 0 radical (unpaired) electrons. The number of hydrogen-bond acceptors (Lipinski definition) is 3. The van der Waals surface area contributed by atoms with Crippen LogP contribution in [0.25, 0.3) is 0 Å². The Bertz CT molecular complexity index is 534. The Balaban J connectivity index is 2.14. The van der Waals surface area contributed by atoms with Crippen molar-refractivity contribution < 1.29 is 13.2 Å². The van der Waals surface area contributed by atoms with E-state index in [1.807, 2.05) is 12.3 Å². The SMILES string of the molecule is Cc1nc(CNc2ccccc2C(F)(F)F)cs1. The van der Waals surface area contributed by atoms with E-state index in [0.717, 1.165) is 16.8 Å². The number of aryl methyl sites for hydroxylation is 1. The molecular formula is C12H11F3N2S. The lowest BCUT2D eigenvalue weighted by Gasteiger charge is -2.13. The lowest BCUT2D eigenvalue weighted by atomic mass is 10.1. The van der Waals surface area contributed by atoms with Crippen LogP contribution in [-0.4, -0.2) is 4.98 Å². The smallest absolute Gasteiger partial charge is 0.379 e. The van der Waals surface area contributed by atoms with Crippen molar-refractivity contribution in [2.24, 2.45) is 0 Å². The molecule has 1 aromatic heterocycles. The number of rotatable bonds is 3. The van der Waals surface area contributed by atoms with Gasteiger partial charge in [-0.3, -0.25) is 0 Å². The van der Waals surface area contributed by atoms with Gasteiger partial charge in [-0.25, -0.2) is 4.98 Å². The molecule has 0 fully saturated rings. The second-order valence-corrected chi connectivity index (χ2v) is 4.82. The maximum Gasteiger partial charge on any atom is 0.418 e. The average Bonchev–Trinajstić information content (AvgIpc) is 2.72. The molecule has 1 N–H and O–H groups in total. The molecule has 2 rings (SSSR count). The highest BCUT2D eigenvalue weighted by molar-refractivity contribution is 7.09. The van der Waals surface area contributed by atoms with Crippen molar-refractivity contribution in [2.45, 2.75) is 19.6 Å². The fourth-order valence-electron chi connectivity index (χ4n) is 1.56. The van der Waals surface area contributed by atoms with Crippen molar-refractivity contribution in [3.63, 3.8) is 0 Å². The molecule has 0 aliphatic carbocycles.